The molecule has 2 nitrogen and oxygen atoms in total. The molecule has 3 unspecified atom stereocenters. The zero-order chi connectivity index (χ0) is 15.2. The summed E-state index contributed by atoms with van der Waals surface area (Å²) in [6.07, 6.45) is 0.136. The maximum atomic E-state index is 13.0. The Hall–Kier alpha value is -1.71. The van der Waals surface area contributed by atoms with E-state index in [9.17, 15) is 9.50 Å². The lowest BCUT2D eigenvalue weighted by Crippen LogP contribution is -2.36. The molecule has 3 atom stereocenters. The van der Waals surface area contributed by atoms with Gasteiger partial charge >= 0.3 is 0 Å². The zero-order valence-electron chi connectivity index (χ0n) is 12.5. The summed E-state index contributed by atoms with van der Waals surface area (Å²) in [7, 11) is 0. The van der Waals surface area contributed by atoms with Gasteiger partial charge in [-0.25, -0.2) is 4.39 Å². The van der Waals surface area contributed by atoms with E-state index < -0.39 is 6.10 Å². The number of nitrogens with one attached hydrogen (secondary N) is 1. The van der Waals surface area contributed by atoms with Gasteiger partial charge in [0.1, 0.15) is 5.82 Å². The van der Waals surface area contributed by atoms with E-state index >= 15 is 0 Å². The van der Waals surface area contributed by atoms with Crippen LogP contribution in [-0.2, 0) is 0 Å². The Balaban J connectivity index is 2.07. The molecule has 0 radical (unpaired) electrons. The number of hydrogen-bond donors (Lipinski definition) is 2. The molecule has 0 heterocycles. The average molecular weight is 287 g/mol. The average Bonchev–Trinajstić information content (AvgIpc) is 2.53. The Morgan fingerprint density at radius 1 is 1.00 bits per heavy atom. The number of aliphatic hydroxyl groups excluding tert-OH is 1. The van der Waals surface area contributed by atoms with Crippen molar-refractivity contribution in [3.63, 3.8) is 0 Å². The lowest BCUT2D eigenvalue weighted by atomic mass is 9.98. The van der Waals surface area contributed by atoms with E-state index in [-0.39, 0.29) is 17.9 Å². The first-order chi connectivity index (χ1) is 10.1. The van der Waals surface area contributed by atoms with E-state index in [4.69, 9.17) is 0 Å². The van der Waals surface area contributed by atoms with E-state index in [1.807, 2.05) is 25.1 Å². The topological polar surface area (TPSA) is 32.3 Å². The van der Waals surface area contributed by atoms with Crippen LogP contribution in [0.1, 0.15) is 43.5 Å². The van der Waals surface area contributed by atoms with Gasteiger partial charge in [-0.05, 0) is 36.6 Å². The number of benzene rings is 2. The smallest absolute Gasteiger partial charge is 0.123 e. The second-order valence-corrected chi connectivity index (χ2v) is 5.31. The van der Waals surface area contributed by atoms with Crippen molar-refractivity contribution in [2.24, 2.45) is 0 Å². The summed E-state index contributed by atoms with van der Waals surface area (Å²) in [6.45, 7) is 4.11. The molecule has 2 rings (SSSR count). The van der Waals surface area contributed by atoms with E-state index in [2.05, 4.69) is 24.4 Å². The van der Waals surface area contributed by atoms with Crippen LogP contribution in [0.2, 0.25) is 0 Å². The third kappa shape index (κ3) is 4.13. The van der Waals surface area contributed by atoms with Crippen LogP contribution in [0.3, 0.4) is 0 Å². The normalized spacial score (nSPS) is 15.4. The summed E-state index contributed by atoms with van der Waals surface area (Å²) in [5.74, 6) is -0.287. The van der Waals surface area contributed by atoms with Crippen LogP contribution in [0.4, 0.5) is 4.39 Å². The van der Waals surface area contributed by atoms with Crippen LogP contribution in [0.25, 0.3) is 0 Å². The minimum Gasteiger partial charge on any atom is -0.387 e. The summed E-state index contributed by atoms with van der Waals surface area (Å²) in [6, 6.07) is 16.2. The van der Waals surface area contributed by atoms with Gasteiger partial charge < -0.3 is 10.4 Å². The highest BCUT2D eigenvalue weighted by Gasteiger charge is 2.21. The second kappa shape index (κ2) is 7.34. The second-order valence-electron chi connectivity index (χ2n) is 5.31. The van der Waals surface area contributed by atoms with Gasteiger partial charge in [0.15, 0.2) is 0 Å². The molecule has 0 bridgehead atoms. The molecule has 0 aliphatic heterocycles. The fourth-order valence-electron chi connectivity index (χ4n) is 2.48. The maximum Gasteiger partial charge on any atom is 0.123 e. The molecular formula is C18H22FNO. The number of hydrogen-bond acceptors (Lipinski definition) is 2. The van der Waals surface area contributed by atoms with Gasteiger partial charge in [-0.2, -0.15) is 0 Å². The third-order valence-electron chi connectivity index (χ3n) is 3.80. The van der Waals surface area contributed by atoms with Crippen LogP contribution in [0, 0.1) is 5.82 Å². The van der Waals surface area contributed by atoms with Crippen molar-refractivity contribution in [2.45, 2.75) is 38.5 Å². The fraction of sp³-hybridized carbons (Fsp3) is 0.333. The molecule has 112 valence electrons. The number of aliphatic hydroxyl groups is 1. The molecule has 0 aliphatic rings. The summed E-state index contributed by atoms with van der Waals surface area (Å²) < 4.78 is 13.0. The van der Waals surface area contributed by atoms with Crippen molar-refractivity contribution in [1.82, 2.24) is 5.32 Å². The van der Waals surface area contributed by atoms with Gasteiger partial charge in [0.2, 0.25) is 0 Å². The Bertz CT molecular complexity index is 541. The van der Waals surface area contributed by atoms with Crippen LogP contribution in [0.15, 0.2) is 54.6 Å². The minimum absolute atomic E-state index is 0.0781. The number of halogens is 1. The molecule has 3 heteroatoms. The molecule has 21 heavy (non-hydrogen) atoms. The predicted molar refractivity (Wildman–Crippen MR) is 83.4 cm³/mol. The van der Waals surface area contributed by atoms with Gasteiger partial charge in [-0.15, -0.1) is 0 Å². The molecule has 0 saturated heterocycles. The van der Waals surface area contributed by atoms with E-state index in [0.717, 1.165) is 12.0 Å². The molecule has 0 fully saturated rings. The van der Waals surface area contributed by atoms with Gasteiger partial charge in [0.05, 0.1) is 6.10 Å². The highest BCUT2D eigenvalue weighted by atomic mass is 19.1. The first kappa shape index (κ1) is 15.7. The van der Waals surface area contributed by atoms with Crippen molar-refractivity contribution >= 4 is 0 Å². The van der Waals surface area contributed by atoms with E-state index in [1.54, 1.807) is 12.1 Å². The Labute approximate surface area is 125 Å². The van der Waals surface area contributed by atoms with Gasteiger partial charge in [0.25, 0.3) is 0 Å². The minimum atomic E-state index is -0.651. The van der Waals surface area contributed by atoms with Gasteiger partial charge in [-0.3, -0.25) is 0 Å². The summed E-state index contributed by atoms with van der Waals surface area (Å²) >= 11 is 0. The van der Waals surface area contributed by atoms with Crippen LogP contribution >= 0.6 is 0 Å². The summed E-state index contributed by atoms with van der Waals surface area (Å²) in [5, 5.41) is 13.9. The standard InChI is InChI=1S/C18H22FNO/c1-3-17(18(21)15-9-11-16(19)12-10-15)20-13(2)14-7-5-4-6-8-14/h4-13,17-18,20-21H,3H2,1-2H3. The third-order valence-corrected chi connectivity index (χ3v) is 3.80. The zero-order valence-corrected chi connectivity index (χ0v) is 12.5. The molecule has 0 aliphatic carbocycles. The Morgan fingerprint density at radius 2 is 1.62 bits per heavy atom. The molecule has 2 aromatic carbocycles. The van der Waals surface area contributed by atoms with E-state index in [1.165, 1.54) is 17.7 Å². The monoisotopic (exact) mass is 287 g/mol. The molecule has 0 aromatic heterocycles. The largest absolute Gasteiger partial charge is 0.387 e. The highest BCUT2D eigenvalue weighted by Crippen LogP contribution is 2.22. The summed E-state index contributed by atoms with van der Waals surface area (Å²) in [4.78, 5) is 0. The quantitative estimate of drug-likeness (QED) is 0.842. The fourth-order valence-corrected chi connectivity index (χ4v) is 2.48. The van der Waals surface area contributed by atoms with Gasteiger partial charge in [0, 0.05) is 12.1 Å². The Kier molecular flexibility index (Phi) is 5.48. The van der Waals surface area contributed by atoms with Crippen LogP contribution in [0.5, 0.6) is 0 Å². The number of rotatable bonds is 6. The predicted octanol–water partition coefficient (Wildman–Crippen LogP) is 3.99. The molecule has 0 saturated carbocycles. The van der Waals surface area contributed by atoms with E-state index in [0.29, 0.717) is 0 Å². The van der Waals surface area contributed by atoms with Crippen molar-refractivity contribution in [1.29, 1.82) is 0 Å². The van der Waals surface area contributed by atoms with Crippen molar-refractivity contribution in [3.05, 3.63) is 71.5 Å². The Morgan fingerprint density at radius 3 is 2.19 bits per heavy atom. The van der Waals surface area contributed by atoms with Crippen LogP contribution in [-0.4, -0.2) is 11.1 Å². The molecule has 0 spiro atoms. The van der Waals surface area contributed by atoms with Crippen molar-refractivity contribution in [2.75, 3.05) is 0 Å². The molecular weight excluding hydrogens is 265 g/mol. The lowest BCUT2D eigenvalue weighted by molar-refractivity contribution is 0.120. The first-order valence-electron chi connectivity index (χ1n) is 7.36. The van der Waals surface area contributed by atoms with Crippen molar-refractivity contribution < 1.29 is 9.50 Å². The molecule has 2 aromatic rings. The maximum absolute atomic E-state index is 13.0. The van der Waals surface area contributed by atoms with Crippen LogP contribution < -0.4 is 5.32 Å². The van der Waals surface area contributed by atoms with Gasteiger partial charge in [-0.1, -0.05) is 49.4 Å². The highest BCUT2D eigenvalue weighted by molar-refractivity contribution is 5.21. The molecule has 0 amide bonds. The SMILES string of the molecule is CCC(NC(C)c1ccccc1)C(O)c1ccc(F)cc1. The summed E-state index contributed by atoms with van der Waals surface area (Å²) in [5.41, 5.74) is 1.92. The lowest BCUT2D eigenvalue weighted by Gasteiger charge is -2.27. The molecule has 2 N–H and O–H groups in total. The first-order valence-corrected chi connectivity index (χ1v) is 7.36. The van der Waals surface area contributed by atoms with Crippen molar-refractivity contribution in [3.8, 4) is 0 Å².